The van der Waals surface area contributed by atoms with E-state index in [4.69, 9.17) is 9.72 Å². The van der Waals surface area contributed by atoms with E-state index in [1.807, 2.05) is 16.4 Å². The van der Waals surface area contributed by atoms with E-state index >= 15 is 0 Å². The summed E-state index contributed by atoms with van der Waals surface area (Å²) in [5.74, 6) is 1.55. The number of carbonyl (C=O) groups is 1. The number of hydrogen-bond acceptors (Lipinski definition) is 6. The van der Waals surface area contributed by atoms with Crippen molar-refractivity contribution in [1.29, 1.82) is 0 Å². The van der Waals surface area contributed by atoms with Crippen molar-refractivity contribution in [2.24, 2.45) is 0 Å². The van der Waals surface area contributed by atoms with Crippen LogP contribution in [0, 0.1) is 0 Å². The summed E-state index contributed by atoms with van der Waals surface area (Å²) >= 11 is 0. The van der Waals surface area contributed by atoms with Gasteiger partial charge in [0, 0.05) is 64.3 Å². The lowest BCUT2D eigenvalue weighted by Gasteiger charge is -2.37. The standard InChI is InChI=1S/C24H39N5O3/c1-2-32-17-16-26-12-14-28(15-13-26)24(31)19-27-10-7-20(8-11-27)21-18-23(30)29-9-5-3-4-6-22(29)25-21/h18,20H,2-17,19H2,1H3. The molecule has 0 unspecified atom stereocenters. The zero-order valence-corrected chi connectivity index (χ0v) is 19.6. The number of aromatic nitrogens is 2. The van der Waals surface area contributed by atoms with Gasteiger partial charge in [-0.05, 0) is 45.7 Å². The highest BCUT2D eigenvalue weighted by atomic mass is 16.5. The summed E-state index contributed by atoms with van der Waals surface area (Å²) in [4.78, 5) is 37.0. The van der Waals surface area contributed by atoms with Gasteiger partial charge in [-0.2, -0.15) is 0 Å². The molecule has 3 aliphatic rings. The topological polar surface area (TPSA) is 70.9 Å². The molecule has 8 heteroatoms. The number of piperidine rings is 1. The Morgan fingerprint density at radius 1 is 1.03 bits per heavy atom. The Morgan fingerprint density at radius 2 is 1.81 bits per heavy atom. The lowest BCUT2D eigenvalue weighted by Crippen LogP contribution is -2.52. The van der Waals surface area contributed by atoms with E-state index < -0.39 is 0 Å². The number of likely N-dealkylation sites (tertiary alicyclic amines) is 1. The van der Waals surface area contributed by atoms with Crippen LogP contribution in [0.2, 0.25) is 0 Å². The molecule has 1 aromatic heterocycles. The van der Waals surface area contributed by atoms with Crippen LogP contribution in [0.15, 0.2) is 10.9 Å². The lowest BCUT2D eigenvalue weighted by atomic mass is 9.93. The molecule has 0 aromatic carbocycles. The Bertz CT molecular complexity index is 810. The van der Waals surface area contributed by atoms with Crippen LogP contribution >= 0.6 is 0 Å². The van der Waals surface area contributed by atoms with Gasteiger partial charge in [0.15, 0.2) is 0 Å². The molecular weight excluding hydrogens is 406 g/mol. The van der Waals surface area contributed by atoms with Crippen LogP contribution in [0.1, 0.15) is 56.5 Å². The van der Waals surface area contributed by atoms with Crippen LogP contribution < -0.4 is 5.56 Å². The quantitative estimate of drug-likeness (QED) is 0.590. The molecule has 0 saturated carbocycles. The largest absolute Gasteiger partial charge is 0.380 e. The van der Waals surface area contributed by atoms with Crippen molar-refractivity contribution >= 4 is 5.91 Å². The van der Waals surface area contributed by atoms with E-state index in [1.54, 1.807) is 6.07 Å². The van der Waals surface area contributed by atoms with Crippen LogP contribution in [0.5, 0.6) is 0 Å². The summed E-state index contributed by atoms with van der Waals surface area (Å²) in [6.07, 6.45) is 6.21. The summed E-state index contributed by atoms with van der Waals surface area (Å²) in [7, 11) is 0. The molecule has 0 N–H and O–H groups in total. The van der Waals surface area contributed by atoms with Gasteiger partial charge in [0.25, 0.3) is 5.56 Å². The first-order chi connectivity index (χ1) is 15.6. The first kappa shape index (κ1) is 23.4. The van der Waals surface area contributed by atoms with Gasteiger partial charge in [0.05, 0.1) is 18.8 Å². The Labute approximate surface area is 191 Å². The predicted octanol–water partition coefficient (Wildman–Crippen LogP) is 1.33. The van der Waals surface area contributed by atoms with Crippen molar-refractivity contribution < 1.29 is 9.53 Å². The second-order valence-corrected chi connectivity index (χ2v) is 9.37. The third kappa shape index (κ3) is 5.97. The maximum atomic E-state index is 12.8. The molecule has 178 valence electrons. The number of amides is 1. The summed E-state index contributed by atoms with van der Waals surface area (Å²) in [5.41, 5.74) is 1.09. The van der Waals surface area contributed by atoms with Gasteiger partial charge < -0.3 is 9.64 Å². The molecule has 0 spiro atoms. The van der Waals surface area contributed by atoms with Gasteiger partial charge in [-0.15, -0.1) is 0 Å². The Hall–Kier alpha value is -1.77. The minimum absolute atomic E-state index is 0.116. The van der Waals surface area contributed by atoms with Crippen LogP contribution in [0.3, 0.4) is 0 Å². The molecule has 0 aliphatic carbocycles. The molecule has 1 amide bonds. The van der Waals surface area contributed by atoms with E-state index in [9.17, 15) is 9.59 Å². The highest BCUT2D eigenvalue weighted by Crippen LogP contribution is 2.26. The van der Waals surface area contributed by atoms with Crippen LogP contribution in [0.4, 0.5) is 0 Å². The van der Waals surface area contributed by atoms with E-state index in [1.165, 1.54) is 6.42 Å². The summed E-state index contributed by atoms with van der Waals surface area (Å²) in [6, 6.07) is 1.77. The Balaban J connectivity index is 1.23. The zero-order valence-electron chi connectivity index (χ0n) is 19.6. The Kier molecular flexibility index (Phi) is 8.32. The SMILES string of the molecule is CCOCCN1CCN(C(=O)CN2CCC(c3cc(=O)n4c(n3)CCCCC4)CC2)CC1. The molecule has 8 nitrogen and oxygen atoms in total. The van der Waals surface area contributed by atoms with Gasteiger partial charge in [0.2, 0.25) is 5.91 Å². The number of fused-ring (bicyclic) bond motifs is 1. The van der Waals surface area contributed by atoms with Crippen molar-refractivity contribution in [3.8, 4) is 0 Å². The van der Waals surface area contributed by atoms with Gasteiger partial charge >= 0.3 is 0 Å². The molecule has 3 aliphatic heterocycles. The normalized spacial score (nSPS) is 21.3. The van der Waals surface area contributed by atoms with Crippen molar-refractivity contribution in [1.82, 2.24) is 24.3 Å². The molecule has 4 heterocycles. The summed E-state index contributed by atoms with van der Waals surface area (Å²) in [6.45, 7) is 11.1. The Morgan fingerprint density at radius 3 is 2.56 bits per heavy atom. The highest BCUT2D eigenvalue weighted by Gasteiger charge is 2.27. The van der Waals surface area contributed by atoms with E-state index in [0.717, 1.165) is 109 Å². The molecular formula is C24H39N5O3. The van der Waals surface area contributed by atoms with Crippen LogP contribution in [-0.4, -0.2) is 95.7 Å². The number of rotatable bonds is 7. The number of hydrogen-bond donors (Lipinski definition) is 0. The maximum Gasteiger partial charge on any atom is 0.253 e. The fraction of sp³-hybridized carbons (Fsp3) is 0.792. The summed E-state index contributed by atoms with van der Waals surface area (Å²) in [5, 5.41) is 0. The van der Waals surface area contributed by atoms with Gasteiger partial charge in [0.1, 0.15) is 5.82 Å². The summed E-state index contributed by atoms with van der Waals surface area (Å²) < 4.78 is 7.32. The van der Waals surface area contributed by atoms with Crippen molar-refractivity contribution in [2.75, 3.05) is 65.6 Å². The third-order valence-electron chi connectivity index (χ3n) is 7.23. The lowest BCUT2D eigenvalue weighted by molar-refractivity contribution is -0.134. The smallest absolute Gasteiger partial charge is 0.253 e. The third-order valence-corrected chi connectivity index (χ3v) is 7.23. The van der Waals surface area contributed by atoms with Crippen molar-refractivity contribution in [3.63, 3.8) is 0 Å². The fourth-order valence-corrected chi connectivity index (χ4v) is 5.18. The van der Waals surface area contributed by atoms with Crippen molar-refractivity contribution in [3.05, 3.63) is 27.9 Å². The average Bonchev–Trinajstić information content (AvgIpc) is 3.06. The van der Waals surface area contributed by atoms with E-state index in [0.29, 0.717) is 12.5 Å². The van der Waals surface area contributed by atoms with E-state index in [2.05, 4.69) is 9.80 Å². The molecule has 1 aromatic rings. The van der Waals surface area contributed by atoms with Gasteiger partial charge in [-0.1, -0.05) is 6.42 Å². The zero-order chi connectivity index (χ0) is 22.3. The molecule has 2 saturated heterocycles. The minimum atomic E-state index is 0.116. The average molecular weight is 446 g/mol. The molecule has 4 rings (SSSR count). The van der Waals surface area contributed by atoms with Gasteiger partial charge in [-0.3, -0.25) is 24.0 Å². The second kappa shape index (κ2) is 11.4. The number of aryl methyl sites for hydroxylation is 1. The molecule has 0 bridgehead atoms. The first-order valence-corrected chi connectivity index (χ1v) is 12.5. The maximum absolute atomic E-state index is 12.8. The second-order valence-electron chi connectivity index (χ2n) is 9.37. The minimum Gasteiger partial charge on any atom is -0.380 e. The van der Waals surface area contributed by atoms with E-state index in [-0.39, 0.29) is 11.5 Å². The molecule has 0 atom stereocenters. The van der Waals surface area contributed by atoms with Gasteiger partial charge in [-0.25, -0.2) is 4.98 Å². The highest BCUT2D eigenvalue weighted by molar-refractivity contribution is 5.78. The molecule has 32 heavy (non-hydrogen) atoms. The van der Waals surface area contributed by atoms with Crippen molar-refractivity contribution in [2.45, 2.75) is 57.9 Å². The molecule has 0 radical (unpaired) electrons. The number of nitrogens with zero attached hydrogens (tertiary/aromatic N) is 5. The van der Waals surface area contributed by atoms with Crippen LogP contribution in [-0.2, 0) is 22.5 Å². The first-order valence-electron chi connectivity index (χ1n) is 12.5. The fourth-order valence-electron chi connectivity index (χ4n) is 5.18. The van der Waals surface area contributed by atoms with Crippen LogP contribution in [0.25, 0.3) is 0 Å². The monoisotopic (exact) mass is 445 g/mol. The predicted molar refractivity (Wildman–Crippen MR) is 124 cm³/mol. The molecule has 2 fully saturated rings. The number of ether oxygens (including phenoxy) is 1. The number of piperazine rings is 1. The number of carbonyl (C=O) groups excluding carboxylic acids is 1.